The van der Waals surface area contributed by atoms with Crippen LogP contribution < -0.4 is 10.1 Å². The molecule has 0 saturated heterocycles. The highest BCUT2D eigenvalue weighted by atomic mass is 35.5. The Labute approximate surface area is 132 Å². The molecule has 22 heavy (non-hydrogen) atoms. The number of ether oxygens (including phenoxy) is 2. The number of rotatable bonds is 7. The van der Waals surface area contributed by atoms with Crippen LogP contribution >= 0.6 is 11.6 Å². The molecule has 1 aromatic carbocycles. The fourth-order valence-corrected chi connectivity index (χ4v) is 1.64. The van der Waals surface area contributed by atoms with Gasteiger partial charge in [-0.2, -0.15) is 0 Å². The molecule has 0 aliphatic rings. The Hall–Kier alpha value is -2.47. The summed E-state index contributed by atoms with van der Waals surface area (Å²) in [6.07, 6.45) is 1.51. The van der Waals surface area contributed by atoms with Crippen molar-refractivity contribution in [3.63, 3.8) is 0 Å². The fraction of sp³-hybridized carbons (Fsp3) is 0.200. The summed E-state index contributed by atoms with van der Waals surface area (Å²) < 4.78 is 15.0. The number of benzene rings is 1. The van der Waals surface area contributed by atoms with Crippen molar-refractivity contribution in [3.05, 3.63) is 53.4 Å². The van der Waals surface area contributed by atoms with Crippen LogP contribution in [0, 0.1) is 0 Å². The number of carbonyl (C=O) groups is 2. The Morgan fingerprint density at radius 3 is 2.59 bits per heavy atom. The molecule has 1 amide bonds. The highest BCUT2D eigenvalue weighted by Crippen LogP contribution is 2.15. The lowest BCUT2D eigenvalue weighted by atomic mass is 10.3. The molecule has 0 atom stereocenters. The molecule has 2 rings (SSSR count). The second-order valence-electron chi connectivity index (χ2n) is 4.26. The first-order chi connectivity index (χ1) is 10.6. The first-order valence-electron chi connectivity index (χ1n) is 6.46. The summed E-state index contributed by atoms with van der Waals surface area (Å²) >= 11 is 5.73. The minimum Gasteiger partial charge on any atom is -0.482 e. The van der Waals surface area contributed by atoms with Crippen LogP contribution in [0.3, 0.4) is 0 Å². The molecule has 0 fully saturated rings. The van der Waals surface area contributed by atoms with Crippen LogP contribution in [0.4, 0.5) is 0 Å². The highest BCUT2D eigenvalue weighted by molar-refractivity contribution is 6.30. The highest BCUT2D eigenvalue weighted by Gasteiger charge is 2.09. The van der Waals surface area contributed by atoms with Crippen molar-refractivity contribution in [1.82, 2.24) is 5.32 Å². The minimum absolute atomic E-state index is 0.241. The summed E-state index contributed by atoms with van der Waals surface area (Å²) in [5, 5.41) is 3.13. The average molecular weight is 324 g/mol. The van der Waals surface area contributed by atoms with Gasteiger partial charge in [0.1, 0.15) is 11.5 Å². The third-order valence-electron chi connectivity index (χ3n) is 2.57. The van der Waals surface area contributed by atoms with Gasteiger partial charge in [0.05, 0.1) is 12.8 Å². The van der Waals surface area contributed by atoms with Gasteiger partial charge in [0.25, 0.3) is 5.91 Å². The van der Waals surface area contributed by atoms with Gasteiger partial charge in [0.15, 0.2) is 13.2 Å². The third kappa shape index (κ3) is 5.49. The van der Waals surface area contributed by atoms with Crippen LogP contribution in [0.15, 0.2) is 47.1 Å². The van der Waals surface area contributed by atoms with Gasteiger partial charge in [-0.25, -0.2) is 4.79 Å². The minimum atomic E-state index is -0.636. The number of hydrogen-bond donors (Lipinski definition) is 1. The lowest BCUT2D eigenvalue weighted by Gasteiger charge is -2.07. The SMILES string of the molecule is O=C(COC(=O)COc1ccc(Cl)cc1)NCc1ccco1. The molecular formula is C15H14ClNO5. The summed E-state index contributed by atoms with van der Waals surface area (Å²) in [6.45, 7) is -0.415. The van der Waals surface area contributed by atoms with Crippen molar-refractivity contribution >= 4 is 23.5 Å². The van der Waals surface area contributed by atoms with E-state index in [4.69, 9.17) is 25.5 Å². The molecule has 7 heteroatoms. The van der Waals surface area contributed by atoms with E-state index in [2.05, 4.69) is 5.32 Å². The summed E-state index contributed by atoms with van der Waals surface area (Å²) in [5.74, 6) is 0.0497. The van der Waals surface area contributed by atoms with Gasteiger partial charge < -0.3 is 19.2 Å². The van der Waals surface area contributed by atoms with Gasteiger partial charge in [-0.1, -0.05) is 11.6 Å². The van der Waals surface area contributed by atoms with Crippen LogP contribution in [0.2, 0.25) is 5.02 Å². The van der Waals surface area contributed by atoms with Crippen LogP contribution in [-0.2, 0) is 20.9 Å². The van der Waals surface area contributed by atoms with Gasteiger partial charge in [0, 0.05) is 5.02 Å². The van der Waals surface area contributed by atoms with Crippen LogP contribution in [0.1, 0.15) is 5.76 Å². The van der Waals surface area contributed by atoms with Gasteiger partial charge in [-0.05, 0) is 36.4 Å². The molecule has 1 N–H and O–H groups in total. The summed E-state index contributed by atoms with van der Waals surface area (Å²) in [4.78, 5) is 22.9. The summed E-state index contributed by atoms with van der Waals surface area (Å²) in [7, 11) is 0. The molecule has 1 heterocycles. The monoisotopic (exact) mass is 323 g/mol. The van der Waals surface area contributed by atoms with E-state index < -0.39 is 11.9 Å². The largest absolute Gasteiger partial charge is 0.482 e. The van der Waals surface area contributed by atoms with Crippen molar-refractivity contribution < 1.29 is 23.5 Å². The maximum atomic E-state index is 11.5. The second kappa shape index (κ2) is 8.09. The van der Waals surface area contributed by atoms with Crippen molar-refractivity contribution in [2.75, 3.05) is 13.2 Å². The standard InChI is InChI=1S/C15H14ClNO5/c16-11-3-5-12(6-4-11)21-10-15(19)22-9-14(18)17-8-13-2-1-7-20-13/h1-7H,8-10H2,(H,17,18). The number of furan rings is 1. The molecule has 116 valence electrons. The Bertz CT molecular complexity index is 609. The predicted molar refractivity (Wildman–Crippen MR) is 78.5 cm³/mol. The van der Waals surface area contributed by atoms with E-state index in [0.717, 1.165) is 0 Å². The number of amides is 1. The Balaban J connectivity index is 1.62. The van der Waals surface area contributed by atoms with Gasteiger partial charge in [-0.3, -0.25) is 4.79 Å². The van der Waals surface area contributed by atoms with Crippen LogP contribution in [0.5, 0.6) is 5.75 Å². The Morgan fingerprint density at radius 2 is 1.91 bits per heavy atom. The lowest BCUT2D eigenvalue weighted by Crippen LogP contribution is -2.29. The summed E-state index contributed by atoms with van der Waals surface area (Å²) in [5.41, 5.74) is 0. The molecule has 0 bridgehead atoms. The lowest BCUT2D eigenvalue weighted by molar-refractivity contribution is -0.150. The molecule has 2 aromatic rings. The van der Waals surface area contributed by atoms with E-state index in [0.29, 0.717) is 16.5 Å². The number of esters is 1. The van der Waals surface area contributed by atoms with Crippen molar-refractivity contribution in [2.45, 2.75) is 6.54 Å². The molecule has 0 aliphatic heterocycles. The first kappa shape index (κ1) is 15.9. The van der Waals surface area contributed by atoms with Crippen molar-refractivity contribution in [1.29, 1.82) is 0 Å². The number of nitrogens with one attached hydrogen (secondary N) is 1. The van der Waals surface area contributed by atoms with E-state index in [9.17, 15) is 9.59 Å². The van der Waals surface area contributed by atoms with Crippen LogP contribution in [0.25, 0.3) is 0 Å². The topological polar surface area (TPSA) is 77.8 Å². The normalized spacial score (nSPS) is 10.0. The van der Waals surface area contributed by atoms with E-state index in [-0.39, 0.29) is 19.8 Å². The molecule has 0 unspecified atom stereocenters. The van der Waals surface area contributed by atoms with Gasteiger partial charge >= 0.3 is 5.97 Å². The average Bonchev–Trinajstić information content (AvgIpc) is 3.04. The zero-order valence-electron chi connectivity index (χ0n) is 11.6. The maximum Gasteiger partial charge on any atom is 0.344 e. The number of hydrogen-bond acceptors (Lipinski definition) is 5. The van der Waals surface area contributed by atoms with Gasteiger partial charge in [-0.15, -0.1) is 0 Å². The van der Waals surface area contributed by atoms with E-state index in [1.54, 1.807) is 36.4 Å². The fourth-order valence-electron chi connectivity index (χ4n) is 1.51. The predicted octanol–water partition coefficient (Wildman–Crippen LogP) is 2.17. The molecule has 0 aliphatic carbocycles. The molecule has 0 spiro atoms. The Kier molecular flexibility index (Phi) is 5.85. The molecule has 0 radical (unpaired) electrons. The summed E-state index contributed by atoms with van der Waals surface area (Å²) in [6, 6.07) is 9.99. The van der Waals surface area contributed by atoms with E-state index in [1.807, 2.05) is 0 Å². The second-order valence-corrected chi connectivity index (χ2v) is 4.70. The molecule has 0 saturated carbocycles. The van der Waals surface area contributed by atoms with Gasteiger partial charge in [0.2, 0.25) is 0 Å². The smallest absolute Gasteiger partial charge is 0.344 e. The van der Waals surface area contributed by atoms with Crippen molar-refractivity contribution in [3.8, 4) is 5.75 Å². The molecular weight excluding hydrogens is 310 g/mol. The maximum absolute atomic E-state index is 11.5. The molecule has 6 nitrogen and oxygen atoms in total. The Morgan fingerprint density at radius 1 is 1.14 bits per heavy atom. The van der Waals surface area contributed by atoms with Crippen molar-refractivity contribution in [2.24, 2.45) is 0 Å². The number of carbonyl (C=O) groups excluding carboxylic acids is 2. The first-order valence-corrected chi connectivity index (χ1v) is 6.84. The van der Waals surface area contributed by atoms with E-state index in [1.165, 1.54) is 6.26 Å². The van der Waals surface area contributed by atoms with E-state index >= 15 is 0 Å². The molecule has 1 aromatic heterocycles. The number of halogens is 1. The van der Waals surface area contributed by atoms with Crippen LogP contribution in [-0.4, -0.2) is 25.1 Å². The third-order valence-corrected chi connectivity index (χ3v) is 2.83. The quantitative estimate of drug-likeness (QED) is 0.790. The zero-order chi connectivity index (χ0) is 15.8. The zero-order valence-corrected chi connectivity index (χ0v) is 12.3.